The molecule has 2 bridgehead atoms. The number of fused-ring (bicyclic) bond motifs is 2. The largest absolute Gasteiger partial charge is 0.467 e. The number of para-hydroxylation sites is 2. The minimum absolute atomic E-state index is 0.112. The van der Waals surface area contributed by atoms with Crippen LogP contribution in [0.4, 0.5) is 5.69 Å². The molecule has 28 heavy (non-hydrogen) atoms. The van der Waals surface area contributed by atoms with Crippen molar-refractivity contribution >= 4 is 17.5 Å². The van der Waals surface area contributed by atoms with E-state index in [0.29, 0.717) is 0 Å². The molecule has 2 N–H and O–H groups in total. The fourth-order valence-corrected chi connectivity index (χ4v) is 5.28. The number of rotatable bonds is 2. The van der Waals surface area contributed by atoms with E-state index < -0.39 is 11.6 Å². The van der Waals surface area contributed by atoms with Crippen molar-refractivity contribution in [1.82, 2.24) is 5.32 Å². The van der Waals surface area contributed by atoms with Crippen LogP contribution in [-0.4, -0.2) is 17.5 Å². The van der Waals surface area contributed by atoms with Crippen LogP contribution in [0.2, 0.25) is 0 Å². The van der Waals surface area contributed by atoms with Crippen LogP contribution in [-0.2, 0) is 9.59 Å². The first-order valence-electron chi connectivity index (χ1n) is 10.1. The molecule has 3 unspecified atom stereocenters. The van der Waals surface area contributed by atoms with Crippen molar-refractivity contribution in [1.29, 1.82) is 0 Å². The fourth-order valence-electron chi connectivity index (χ4n) is 5.28. The van der Waals surface area contributed by atoms with E-state index in [2.05, 4.69) is 10.6 Å². The zero-order chi connectivity index (χ0) is 19.3. The maximum Gasteiger partial charge on any atom is 0.237 e. The Kier molecular flexibility index (Phi) is 3.93. The van der Waals surface area contributed by atoms with Crippen molar-refractivity contribution in [2.24, 2.45) is 11.8 Å². The van der Waals surface area contributed by atoms with Gasteiger partial charge in [-0.3, -0.25) is 9.59 Å². The monoisotopic (exact) mass is 376 g/mol. The van der Waals surface area contributed by atoms with Crippen molar-refractivity contribution in [2.45, 2.75) is 44.2 Å². The number of anilines is 1. The van der Waals surface area contributed by atoms with E-state index >= 15 is 0 Å². The van der Waals surface area contributed by atoms with Gasteiger partial charge in [0, 0.05) is 23.9 Å². The summed E-state index contributed by atoms with van der Waals surface area (Å²) in [4.78, 5) is 26.4. The molecule has 1 aliphatic carbocycles. The Balaban J connectivity index is 1.57. The first-order chi connectivity index (χ1) is 13.6. The first-order valence-corrected chi connectivity index (χ1v) is 10.1. The number of carbonyl (C=O) groups is 2. The Hall–Kier alpha value is -2.82. The number of piperidine rings is 1. The van der Waals surface area contributed by atoms with Gasteiger partial charge < -0.3 is 15.4 Å². The predicted molar refractivity (Wildman–Crippen MR) is 106 cm³/mol. The van der Waals surface area contributed by atoms with Crippen LogP contribution < -0.4 is 15.4 Å². The zero-order valence-corrected chi connectivity index (χ0v) is 15.9. The van der Waals surface area contributed by atoms with E-state index in [9.17, 15) is 9.59 Å². The molecular weight excluding hydrogens is 352 g/mol. The SMILES string of the molecule is Cc1ccccc1NC(=O)C1C(=O)N[C@@]23CCCCC2C1c1ccccc1O3. The lowest BCUT2D eigenvalue weighted by atomic mass is 9.62. The highest BCUT2D eigenvalue weighted by Crippen LogP contribution is 2.55. The van der Waals surface area contributed by atoms with E-state index in [0.717, 1.165) is 48.2 Å². The third kappa shape index (κ3) is 2.53. The second-order valence-corrected chi connectivity index (χ2v) is 8.18. The Morgan fingerprint density at radius 3 is 2.79 bits per heavy atom. The molecule has 2 amide bonds. The summed E-state index contributed by atoms with van der Waals surface area (Å²) >= 11 is 0. The molecule has 5 rings (SSSR count). The summed E-state index contributed by atoms with van der Waals surface area (Å²) in [6, 6.07) is 15.5. The molecule has 1 saturated heterocycles. The van der Waals surface area contributed by atoms with Crippen LogP contribution in [0.25, 0.3) is 0 Å². The van der Waals surface area contributed by atoms with E-state index in [1.807, 2.05) is 55.5 Å². The number of aryl methyl sites for hydroxylation is 1. The summed E-state index contributed by atoms with van der Waals surface area (Å²) < 4.78 is 6.37. The standard InChI is InChI=1S/C23H24N2O3/c1-14-8-2-4-11-17(14)24-21(26)20-19-15-9-3-5-12-18(15)28-23(25-22(20)27)13-7-6-10-16(19)23/h2-5,8-9,11-12,16,19-20H,6-7,10,13H2,1H3,(H,24,26)(H,25,27)/t16?,19?,20?,23-/m1/s1. The van der Waals surface area contributed by atoms with Gasteiger partial charge in [-0.1, -0.05) is 42.8 Å². The average Bonchev–Trinajstić information content (AvgIpc) is 2.68. The van der Waals surface area contributed by atoms with Gasteiger partial charge in [0.1, 0.15) is 11.7 Å². The molecule has 5 heteroatoms. The van der Waals surface area contributed by atoms with Gasteiger partial charge in [0.15, 0.2) is 5.72 Å². The molecule has 2 aromatic rings. The molecule has 0 aromatic heterocycles. The Morgan fingerprint density at radius 2 is 1.93 bits per heavy atom. The fraction of sp³-hybridized carbons (Fsp3) is 0.391. The smallest absolute Gasteiger partial charge is 0.237 e. The van der Waals surface area contributed by atoms with Gasteiger partial charge in [0.05, 0.1) is 0 Å². The number of nitrogens with one attached hydrogen (secondary N) is 2. The van der Waals surface area contributed by atoms with Crippen molar-refractivity contribution in [3.8, 4) is 5.75 Å². The third-order valence-electron chi connectivity index (χ3n) is 6.58. The van der Waals surface area contributed by atoms with E-state index in [-0.39, 0.29) is 23.7 Å². The molecular formula is C23H24N2O3. The summed E-state index contributed by atoms with van der Waals surface area (Å²) in [5.41, 5.74) is 2.03. The quantitative estimate of drug-likeness (QED) is 0.785. The average molecular weight is 376 g/mol. The van der Waals surface area contributed by atoms with E-state index in [1.54, 1.807) is 0 Å². The summed E-state index contributed by atoms with van der Waals surface area (Å²) in [7, 11) is 0. The number of benzene rings is 2. The number of amides is 2. The Labute approximate surface area is 164 Å². The molecule has 144 valence electrons. The van der Waals surface area contributed by atoms with Gasteiger partial charge in [-0.2, -0.15) is 0 Å². The molecule has 0 spiro atoms. The second-order valence-electron chi connectivity index (χ2n) is 8.18. The molecule has 2 aliphatic heterocycles. The molecule has 5 nitrogen and oxygen atoms in total. The van der Waals surface area contributed by atoms with Gasteiger partial charge in [0.2, 0.25) is 11.8 Å². The minimum Gasteiger partial charge on any atom is -0.467 e. The molecule has 4 atom stereocenters. The maximum absolute atomic E-state index is 13.3. The first kappa shape index (κ1) is 17.3. The number of hydrogen-bond donors (Lipinski definition) is 2. The van der Waals surface area contributed by atoms with Crippen LogP contribution >= 0.6 is 0 Å². The van der Waals surface area contributed by atoms with Gasteiger partial charge in [0.25, 0.3) is 0 Å². The van der Waals surface area contributed by atoms with E-state index in [1.165, 1.54) is 0 Å². The predicted octanol–water partition coefficient (Wildman–Crippen LogP) is 3.74. The van der Waals surface area contributed by atoms with Gasteiger partial charge in [-0.15, -0.1) is 0 Å². The Morgan fingerprint density at radius 1 is 1.14 bits per heavy atom. The normalized spacial score (nSPS) is 30.3. The lowest BCUT2D eigenvalue weighted by molar-refractivity contribution is -0.160. The summed E-state index contributed by atoms with van der Waals surface area (Å²) in [6.07, 6.45) is 3.86. The molecule has 0 radical (unpaired) electrons. The maximum atomic E-state index is 13.3. The van der Waals surface area contributed by atoms with Crippen LogP contribution in [0, 0.1) is 18.8 Å². The Bertz CT molecular complexity index is 956. The lowest BCUT2D eigenvalue weighted by Crippen LogP contribution is -2.69. The van der Waals surface area contributed by atoms with Gasteiger partial charge in [-0.25, -0.2) is 0 Å². The van der Waals surface area contributed by atoms with Crippen molar-refractivity contribution in [3.05, 3.63) is 59.7 Å². The molecule has 2 heterocycles. The van der Waals surface area contributed by atoms with Crippen molar-refractivity contribution in [2.75, 3.05) is 5.32 Å². The number of carbonyl (C=O) groups excluding carboxylic acids is 2. The topological polar surface area (TPSA) is 67.4 Å². The highest BCUT2D eigenvalue weighted by Gasteiger charge is 2.60. The molecule has 3 aliphatic rings. The highest BCUT2D eigenvalue weighted by atomic mass is 16.5. The van der Waals surface area contributed by atoms with Crippen LogP contribution in [0.1, 0.15) is 42.7 Å². The van der Waals surface area contributed by atoms with Crippen molar-refractivity contribution < 1.29 is 14.3 Å². The summed E-state index contributed by atoms with van der Waals surface area (Å²) in [5, 5.41) is 6.11. The van der Waals surface area contributed by atoms with Crippen LogP contribution in [0.3, 0.4) is 0 Å². The number of ether oxygens (including phenoxy) is 1. The molecule has 1 saturated carbocycles. The molecule has 2 fully saturated rings. The summed E-state index contributed by atoms with van der Waals surface area (Å²) in [6.45, 7) is 1.95. The van der Waals surface area contributed by atoms with E-state index in [4.69, 9.17) is 4.74 Å². The lowest BCUT2D eigenvalue weighted by Gasteiger charge is -2.55. The van der Waals surface area contributed by atoms with Gasteiger partial charge in [-0.05, 0) is 43.0 Å². The number of hydrogen-bond acceptors (Lipinski definition) is 3. The molecule has 2 aromatic carbocycles. The zero-order valence-electron chi connectivity index (χ0n) is 15.9. The second kappa shape index (κ2) is 6.36. The van der Waals surface area contributed by atoms with Gasteiger partial charge >= 0.3 is 0 Å². The van der Waals surface area contributed by atoms with Crippen LogP contribution in [0.15, 0.2) is 48.5 Å². The van der Waals surface area contributed by atoms with Crippen molar-refractivity contribution in [3.63, 3.8) is 0 Å². The third-order valence-corrected chi connectivity index (χ3v) is 6.58. The van der Waals surface area contributed by atoms with Crippen LogP contribution in [0.5, 0.6) is 5.75 Å². The summed E-state index contributed by atoms with van der Waals surface area (Å²) in [5.74, 6) is -0.499. The highest BCUT2D eigenvalue weighted by molar-refractivity contribution is 6.08. The minimum atomic E-state index is -0.763.